The highest BCUT2D eigenvalue weighted by atomic mass is 16.1. The van der Waals surface area contributed by atoms with Crippen molar-refractivity contribution in [3.8, 4) is 11.3 Å². The van der Waals surface area contributed by atoms with Gasteiger partial charge >= 0.3 is 0 Å². The van der Waals surface area contributed by atoms with E-state index in [0.717, 1.165) is 33.3 Å². The first-order chi connectivity index (χ1) is 13.6. The van der Waals surface area contributed by atoms with Crippen molar-refractivity contribution in [3.05, 3.63) is 101 Å². The molecule has 0 aliphatic heterocycles. The van der Waals surface area contributed by atoms with Crippen LogP contribution in [0.3, 0.4) is 0 Å². The minimum atomic E-state index is -0.0897. The van der Waals surface area contributed by atoms with Gasteiger partial charge in [0.1, 0.15) is 0 Å². The van der Waals surface area contributed by atoms with E-state index in [0.29, 0.717) is 12.1 Å². The molecule has 0 saturated carbocycles. The molecule has 0 unspecified atom stereocenters. The molecule has 3 aromatic carbocycles. The summed E-state index contributed by atoms with van der Waals surface area (Å²) in [4.78, 5) is 17.8. The lowest BCUT2D eigenvalue weighted by Crippen LogP contribution is -2.23. The summed E-state index contributed by atoms with van der Waals surface area (Å²) in [6.07, 6.45) is 0. The van der Waals surface area contributed by atoms with Gasteiger partial charge in [0.2, 0.25) is 0 Å². The third-order valence-electron chi connectivity index (χ3n) is 4.85. The quantitative estimate of drug-likeness (QED) is 0.522. The number of para-hydroxylation sites is 1. The van der Waals surface area contributed by atoms with Gasteiger partial charge in [-0.2, -0.15) is 0 Å². The summed E-state index contributed by atoms with van der Waals surface area (Å²) < 4.78 is 0. The lowest BCUT2D eigenvalue weighted by Gasteiger charge is -2.11. The van der Waals surface area contributed by atoms with Crippen molar-refractivity contribution < 1.29 is 4.79 Å². The van der Waals surface area contributed by atoms with Crippen LogP contribution in [0.5, 0.6) is 0 Å². The fourth-order valence-electron chi connectivity index (χ4n) is 3.30. The van der Waals surface area contributed by atoms with E-state index in [1.165, 1.54) is 5.56 Å². The van der Waals surface area contributed by atoms with Crippen molar-refractivity contribution >= 4 is 16.8 Å². The van der Waals surface area contributed by atoms with Gasteiger partial charge < -0.3 is 5.32 Å². The fraction of sp³-hybridized carbons (Fsp3) is 0.120. The monoisotopic (exact) mass is 366 g/mol. The van der Waals surface area contributed by atoms with Crippen molar-refractivity contribution in [2.24, 2.45) is 0 Å². The third-order valence-corrected chi connectivity index (χ3v) is 4.85. The Kier molecular flexibility index (Phi) is 4.90. The van der Waals surface area contributed by atoms with Crippen LogP contribution in [-0.2, 0) is 6.54 Å². The first-order valence-electron chi connectivity index (χ1n) is 9.41. The number of carbonyl (C=O) groups excluding carboxylic acids is 1. The number of aryl methyl sites for hydroxylation is 2. The van der Waals surface area contributed by atoms with Gasteiger partial charge in [0.05, 0.1) is 16.8 Å². The molecule has 1 aromatic heterocycles. The Bertz CT molecular complexity index is 1150. The summed E-state index contributed by atoms with van der Waals surface area (Å²) >= 11 is 0. The largest absolute Gasteiger partial charge is 0.348 e. The molecule has 1 N–H and O–H groups in total. The van der Waals surface area contributed by atoms with E-state index < -0.39 is 0 Å². The molecule has 4 rings (SSSR count). The van der Waals surface area contributed by atoms with Gasteiger partial charge in [0.15, 0.2) is 0 Å². The average molecular weight is 366 g/mol. The minimum Gasteiger partial charge on any atom is -0.348 e. The summed E-state index contributed by atoms with van der Waals surface area (Å²) in [7, 11) is 0. The van der Waals surface area contributed by atoms with Crippen LogP contribution in [0.4, 0.5) is 0 Å². The summed E-state index contributed by atoms with van der Waals surface area (Å²) in [5, 5.41) is 3.91. The van der Waals surface area contributed by atoms with Gasteiger partial charge in [0.25, 0.3) is 5.91 Å². The normalized spacial score (nSPS) is 10.8. The Morgan fingerprint density at radius 2 is 1.64 bits per heavy atom. The van der Waals surface area contributed by atoms with Gasteiger partial charge in [-0.15, -0.1) is 0 Å². The molecule has 0 bridgehead atoms. The number of carbonyl (C=O) groups is 1. The van der Waals surface area contributed by atoms with Gasteiger partial charge in [0, 0.05) is 17.5 Å². The Labute approximate surface area is 165 Å². The second-order valence-electron chi connectivity index (χ2n) is 7.11. The fourth-order valence-corrected chi connectivity index (χ4v) is 3.30. The van der Waals surface area contributed by atoms with E-state index in [9.17, 15) is 4.79 Å². The maximum absolute atomic E-state index is 13.0. The van der Waals surface area contributed by atoms with Crippen molar-refractivity contribution in [1.82, 2.24) is 10.3 Å². The van der Waals surface area contributed by atoms with Gasteiger partial charge in [-0.05, 0) is 37.6 Å². The van der Waals surface area contributed by atoms with E-state index in [1.54, 1.807) is 0 Å². The van der Waals surface area contributed by atoms with Crippen LogP contribution in [0.2, 0.25) is 0 Å². The van der Waals surface area contributed by atoms with Gasteiger partial charge in [-0.25, -0.2) is 4.98 Å². The lowest BCUT2D eigenvalue weighted by molar-refractivity contribution is 0.0952. The van der Waals surface area contributed by atoms with E-state index in [1.807, 2.05) is 54.6 Å². The van der Waals surface area contributed by atoms with E-state index in [2.05, 4.69) is 43.4 Å². The molecule has 0 saturated heterocycles. The van der Waals surface area contributed by atoms with Crippen LogP contribution in [0.25, 0.3) is 22.2 Å². The third kappa shape index (κ3) is 3.79. The molecule has 3 heteroatoms. The van der Waals surface area contributed by atoms with Crippen molar-refractivity contribution in [2.75, 3.05) is 0 Å². The molecule has 4 aromatic rings. The number of nitrogens with one attached hydrogen (secondary N) is 1. The Morgan fingerprint density at radius 3 is 2.43 bits per heavy atom. The molecule has 3 nitrogen and oxygen atoms in total. The molecule has 0 radical (unpaired) electrons. The number of aromatic nitrogens is 1. The number of benzene rings is 3. The summed E-state index contributed by atoms with van der Waals surface area (Å²) in [6, 6.07) is 26.0. The van der Waals surface area contributed by atoms with Crippen LogP contribution >= 0.6 is 0 Å². The molecular formula is C25H22N2O. The number of fused-ring (bicyclic) bond motifs is 1. The van der Waals surface area contributed by atoms with Crippen molar-refractivity contribution in [2.45, 2.75) is 20.4 Å². The van der Waals surface area contributed by atoms with Crippen LogP contribution in [-0.4, -0.2) is 10.9 Å². The SMILES string of the molecule is Cc1ccc(CNC(=O)c2cc(-c3cccc(C)c3)nc3ccccc23)cc1. The molecule has 0 aliphatic carbocycles. The van der Waals surface area contributed by atoms with E-state index >= 15 is 0 Å². The predicted octanol–water partition coefficient (Wildman–Crippen LogP) is 5.45. The number of rotatable bonds is 4. The first-order valence-corrected chi connectivity index (χ1v) is 9.41. The van der Waals surface area contributed by atoms with Crippen LogP contribution in [0, 0.1) is 13.8 Å². The zero-order chi connectivity index (χ0) is 19.5. The average Bonchev–Trinajstić information content (AvgIpc) is 2.72. The van der Waals surface area contributed by atoms with Crippen molar-refractivity contribution in [1.29, 1.82) is 0 Å². The Morgan fingerprint density at radius 1 is 0.857 bits per heavy atom. The van der Waals surface area contributed by atoms with E-state index in [4.69, 9.17) is 4.98 Å². The van der Waals surface area contributed by atoms with Crippen LogP contribution in [0.1, 0.15) is 27.0 Å². The number of amides is 1. The summed E-state index contributed by atoms with van der Waals surface area (Å²) in [5.41, 5.74) is 6.74. The van der Waals surface area contributed by atoms with Gasteiger partial charge in [-0.1, -0.05) is 71.8 Å². The molecule has 0 atom stereocenters. The highest BCUT2D eigenvalue weighted by molar-refractivity contribution is 6.07. The summed E-state index contributed by atoms with van der Waals surface area (Å²) in [5.74, 6) is -0.0897. The predicted molar refractivity (Wildman–Crippen MR) is 114 cm³/mol. The second kappa shape index (κ2) is 7.65. The molecule has 0 aliphatic rings. The number of hydrogen-bond donors (Lipinski definition) is 1. The topological polar surface area (TPSA) is 42.0 Å². The number of pyridine rings is 1. The smallest absolute Gasteiger partial charge is 0.252 e. The maximum atomic E-state index is 13.0. The Balaban J connectivity index is 1.70. The highest BCUT2D eigenvalue weighted by Crippen LogP contribution is 2.25. The second-order valence-corrected chi connectivity index (χ2v) is 7.11. The zero-order valence-corrected chi connectivity index (χ0v) is 16.1. The van der Waals surface area contributed by atoms with Gasteiger partial charge in [-0.3, -0.25) is 4.79 Å². The molecule has 1 amide bonds. The standard InChI is InChI=1S/C25H22N2O/c1-17-10-12-19(13-11-17)16-26-25(28)22-15-24(20-7-5-6-18(2)14-20)27-23-9-4-3-8-21(22)23/h3-15H,16H2,1-2H3,(H,26,28). The van der Waals surface area contributed by atoms with Crippen molar-refractivity contribution in [3.63, 3.8) is 0 Å². The Hall–Kier alpha value is -3.46. The number of nitrogens with zero attached hydrogens (tertiary/aromatic N) is 1. The van der Waals surface area contributed by atoms with Crippen LogP contribution < -0.4 is 5.32 Å². The first kappa shape index (κ1) is 17.9. The highest BCUT2D eigenvalue weighted by Gasteiger charge is 2.14. The lowest BCUT2D eigenvalue weighted by atomic mass is 10.0. The molecule has 28 heavy (non-hydrogen) atoms. The maximum Gasteiger partial charge on any atom is 0.252 e. The van der Waals surface area contributed by atoms with Crippen LogP contribution in [0.15, 0.2) is 78.9 Å². The minimum absolute atomic E-state index is 0.0897. The van der Waals surface area contributed by atoms with E-state index in [-0.39, 0.29) is 5.91 Å². The molecule has 1 heterocycles. The number of hydrogen-bond acceptors (Lipinski definition) is 2. The molecule has 0 fully saturated rings. The summed E-state index contributed by atoms with van der Waals surface area (Å²) in [6.45, 7) is 4.60. The molecule has 138 valence electrons. The zero-order valence-electron chi connectivity index (χ0n) is 16.1. The molecule has 0 spiro atoms. The molecular weight excluding hydrogens is 344 g/mol.